The molecule has 0 saturated heterocycles. The molecule has 0 rings (SSSR count). The SMILES string of the molecule is CC=CC(=O)OCC=C(C)CCC=C(C)C(O)S(=O)(=O)[O-].[Na+]. The van der Waals surface area contributed by atoms with Gasteiger partial charge in [-0.2, -0.15) is 0 Å². The van der Waals surface area contributed by atoms with Crippen molar-refractivity contribution < 1.29 is 57.2 Å². The second-order valence-corrected chi connectivity index (χ2v) is 5.94. The topological polar surface area (TPSA) is 104 Å². The summed E-state index contributed by atoms with van der Waals surface area (Å²) in [5.74, 6) is -0.416. The summed E-state index contributed by atoms with van der Waals surface area (Å²) in [5, 5.41) is 9.23. The molecule has 6 nitrogen and oxygen atoms in total. The zero-order valence-electron chi connectivity index (χ0n) is 13.4. The summed E-state index contributed by atoms with van der Waals surface area (Å²) < 4.78 is 36.7. The van der Waals surface area contributed by atoms with E-state index in [4.69, 9.17) is 4.74 Å². The van der Waals surface area contributed by atoms with Crippen molar-refractivity contribution in [3.63, 3.8) is 0 Å². The van der Waals surface area contributed by atoms with Crippen LogP contribution in [0.3, 0.4) is 0 Å². The average Bonchev–Trinajstić information content (AvgIpc) is 2.36. The van der Waals surface area contributed by atoms with Gasteiger partial charge in [0.25, 0.3) is 0 Å². The maximum atomic E-state index is 11.0. The van der Waals surface area contributed by atoms with E-state index in [1.54, 1.807) is 19.1 Å². The molecule has 1 unspecified atom stereocenters. The molecule has 1 N–H and O–H groups in total. The summed E-state index contributed by atoms with van der Waals surface area (Å²) >= 11 is 0. The molecule has 1 atom stereocenters. The Hall–Kier alpha value is -0.440. The predicted octanol–water partition coefficient (Wildman–Crippen LogP) is -1.35. The second-order valence-electron chi connectivity index (χ2n) is 4.51. The average molecular weight is 340 g/mol. The summed E-state index contributed by atoms with van der Waals surface area (Å²) in [4.78, 5) is 11.0. The molecule has 0 aliphatic heterocycles. The number of aliphatic hydroxyl groups excluding tert-OH is 1. The minimum Gasteiger partial charge on any atom is -0.746 e. The van der Waals surface area contributed by atoms with Crippen molar-refractivity contribution in [2.45, 2.75) is 39.0 Å². The van der Waals surface area contributed by atoms with Crippen molar-refractivity contribution in [2.24, 2.45) is 0 Å². The minimum absolute atomic E-state index is 0. The smallest absolute Gasteiger partial charge is 0.746 e. The molecule has 0 bridgehead atoms. The van der Waals surface area contributed by atoms with E-state index in [2.05, 4.69) is 0 Å². The van der Waals surface area contributed by atoms with Crippen molar-refractivity contribution in [2.75, 3.05) is 6.61 Å². The van der Waals surface area contributed by atoms with Crippen LogP contribution in [0.15, 0.2) is 35.5 Å². The Morgan fingerprint density at radius 1 is 1.32 bits per heavy atom. The van der Waals surface area contributed by atoms with Gasteiger partial charge in [0.1, 0.15) is 16.7 Å². The van der Waals surface area contributed by atoms with E-state index < -0.39 is 21.5 Å². The van der Waals surface area contributed by atoms with E-state index in [1.807, 2.05) is 6.92 Å². The summed E-state index contributed by atoms with van der Waals surface area (Å²) in [6, 6.07) is 0. The fraction of sp³-hybridized carbons (Fsp3) is 0.500. The molecular weight excluding hydrogens is 319 g/mol. The number of carbonyl (C=O) groups excluding carboxylic acids is 1. The van der Waals surface area contributed by atoms with Gasteiger partial charge in [0, 0.05) is 6.08 Å². The number of allylic oxidation sites excluding steroid dienone is 3. The molecule has 8 heteroatoms. The van der Waals surface area contributed by atoms with Gasteiger partial charge in [-0.05, 0) is 45.3 Å². The Balaban J connectivity index is 0. The maximum absolute atomic E-state index is 11.0. The Morgan fingerprint density at radius 3 is 2.41 bits per heavy atom. The molecule has 0 aromatic heterocycles. The minimum atomic E-state index is -4.72. The van der Waals surface area contributed by atoms with Gasteiger partial charge in [-0.1, -0.05) is 17.7 Å². The molecular formula is C14H21NaO6S. The quantitative estimate of drug-likeness (QED) is 0.193. The van der Waals surface area contributed by atoms with Crippen molar-refractivity contribution >= 4 is 16.1 Å². The van der Waals surface area contributed by atoms with Crippen LogP contribution in [0.25, 0.3) is 0 Å². The molecule has 0 spiro atoms. The van der Waals surface area contributed by atoms with Gasteiger partial charge in [0.05, 0.1) is 0 Å². The van der Waals surface area contributed by atoms with Crippen molar-refractivity contribution in [3.8, 4) is 0 Å². The molecule has 0 amide bonds. The number of hydrogen-bond acceptors (Lipinski definition) is 6. The van der Waals surface area contributed by atoms with Crippen molar-refractivity contribution in [1.29, 1.82) is 0 Å². The van der Waals surface area contributed by atoms with E-state index in [0.717, 1.165) is 5.57 Å². The molecule has 0 radical (unpaired) electrons. The molecule has 0 aliphatic rings. The predicted molar refractivity (Wildman–Crippen MR) is 78.2 cm³/mol. The summed E-state index contributed by atoms with van der Waals surface area (Å²) in [5.41, 5.74) is -0.937. The second kappa shape index (κ2) is 12.0. The van der Waals surface area contributed by atoms with Crippen LogP contribution in [0.4, 0.5) is 0 Å². The van der Waals surface area contributed by atoms with Crippen LogP contribution >= 0.6 is 0 Å². The van der Waals surface area contributed by atoms with Crippen LogP contribution < -0.4 is 29.6 Å². The zero-order valence-corrected chi connectivity index (χ0v) is 16.2. The zero-order chi connectivity index (χ0) is 16.5. The first-order valence-electron chi connectivity index (χ1n) is 6.43. The first-order chi connectivity index (χ1) is 9.68. The van der Waals surface area contributed by atoms with Gasteiger partial charge in [-0.15, -0.1) is 0 Å². The monoisotopic (exact) mass is 340 g/mol. The number of carbonyl (C=O) groups is 1. The molecule has 0 fully saturated rings. The summed E-state index contributed by atoms with van der Waals surface area (Å²) in [7, 11) is -4.72. The maximum Gasteiger partial charge on any atom is 1.00 e. The third-order valence-corrected chi connectivity index (χ3v) is 3.55. The van der Waals surface area contributed by atoms with E-state index >= 15 is 0 Å². The van der Waals surface area contributed by atoms with Crippen molar-refractivity contribution in [1.82, 2.24) is 0 Å². The number of aliphatic hydroxyl groups is 1. The molecule has 120 valence electrons. The fourth-order valence-electron chi connectivity index (χ4n) is 1.41. The van der Waals surface area contributed by atoms with Gasteiger partial charge in [-0.25, -0.2) is 13.2 Å². The Labute approximate surface area is 154 Å². The van der Waals surface area contributed by atoms with Crippen LogP contribution in [0.1, 0.15) is 33.6 Å². The van der Waals surface area contributed by atoms with Gasteiger partial charge in [0.15, 0.2) is 5.44 Å². The van der Waals surface area contributed by atoms with E-state index in [9.17, 15) is 22.9 Å². The van der Waals surface area contributed by atoms with Crippen LogP contribution in [-0.4, -0.2) is 36.1 Å². The fourth-order valence-corrected chi connectivity index (χ4v) is 1.96. The van der Waals surface area contributed by atoms with Gasteiger partial charge >= 0.3 is 35.5 Å². The largest absolute Gasteiger partial charge is 1.00 e. The number of hydrogen-bond donors (Lipinski definition) is 1. The number of rotatable bonds is 8. The first-order valence-corrected chi connectivity index (χ1v) is 7.90. The summed E-state index contributed by atoms with van der Waals surface area (Å²) in [6.07, 6.45) is 7.23. The molecule has 0 aromatic carbocycles. The number of esters is 1. The third kappa shape index (κ3) is 11.2. The molecule has 0 saturated carbocycles. The molecule has 0 heterocycles. The van der Waals surface area contributed by atoms with Crippen LogP contribution in [0.2, 0.25) is 0 Å². The van der Waals surface area contributed by atoms with Gasteiger partial charge in [0.2, 0.25) is 0 Å². The Kier molecular flexibility index (Phi) is 13.0. The van der Waals surface area contributed by atoms with Crippen LogP contribution in [-0.2, 0) is 19.6 Å². The van der Waals surface area contributed by atoms with Crippen LogP contribution in [0, 0.1) is 0 Å². The van der Waals surface area contributed by atoms with Gasteiger partial charge in [-0.3, -0.25) is 0 Å². The molecule has 0 aliphatic carbocycles. The molecule has 0 aromatic rings. The summed E-state index contributed by atoms with van der Waals surface area (Å²) in [6.45, 7) is 5.11. The van der Waals surface area contributed by atoms with Crippen LogP contribution in [0.5, 0.6) is 0 Å². The molecule has 22 heavy (non-hydrogen) atoms. The van der Waals surface area contributed by atoms with E-state index in [1.165, 1.54) is 19.1 Å². The van der Waals surface area contributed by atoms with E-state index in [-0.39, 0.29) is 41.7 Å². The Morgan fingerprint density at radius 2 is 1.91 bits per heavy atom. The third-order valence-electron chi connectivity index (χ3n) is 2.63. The van der Waals surface area contributed by atoms with Crippen molar-refractivity contribution in [3.05, 3.63) is 35.5 Å². The standard InChI is InChI=1S/C14H22O6S.Na/c1-4-6-13(15)20-10-9-11(2)7-5-8-12(3)14(16)21(17,18)19;/h4,6,8-9,14,16H,5,7,10H2,1-3H3,(H,17,18,19);/q;+1/p-1. The first kappa shape index (κ1) is 23.8. The normalized spacial score (nSPS) is 14.6. The Bertz CT molecular complexity index is 534. The number of ether oxygens (including phenoxy) is 1. The van der Waals surface area contributed by atoms with E-state index in [0.29, 0.717) is 12.8 Å². The van der Waals surface area contributed by atoms with Gasteiger partial charge < -0.3 is 14.4 Å².